The number of para-hydroxylation sites is 2. The van der Waals surface area contributed by atoms with Gasteiger partial charge in [0.1, 0.15) is 22.5 Å². The Morgan fingerprint density at radius 2 is 1.83 bits per heavy atom. The molecule has 5 nitrogen and oxygen atoms in total. The predicted molar refractivity (Wildman–Crippen MR) is 110 cm³/mol. The van der Waals surface area contributed by atoms with E-state index in [-0.39, 0.29) is 12.2 Å². The highest BCUT2D eigenvalue weighted by molar-refractivity contribution is 6.05. The fourth-order valence-electron chi connectivity index (χ4n) is 3.77. The van der Waals surface area contributed by atoms with E-state index in [2.05, 4.69) is 0 Å². The Labute approximate surface area is 167 Å². The number of esters is 1. The first kappa shape index (κ1) is 17.6. The van der Waals surface area contributed by atoms with E-state index in [9.17, 15) is 4.79 Å². The minimum atomic E-state index is -0.480. The highest BCUT2D eigenvalue weighted by atomic mass is 16.6. The van der Waals surface area contributed by atoms with Crippen LogP contribution in [0.5, 0.6) is 17.2 Å². The summed E-state index contributed by atoms with van der Waals surface area (Å²) in [5, 5.41) is 1.89. The first-order valence-corrected chi connectivity index (χ1v) is 9.54. The van der Waals surface area contributed by atoms with Crippen molar-refractivity contribution in [1.82, 2.24) is 0 Å². The SMILES string of the molecule is CC1(C)Cc2cccc(OCC(=O)Oc3ccc4oc5ccccc5c4c3)c2O1. The summed E-state index contributed by atoms with van der Waals surface area (Å²) in [6.07, 6.45) is 0.808. The molecule has 0 radical (unpaired) electrons. The standard InChI is InChI=1S/C24H20O5/c1-24(2)13-15-6-5-9-21(23(15)29-24)26-14-22(25)27-16-10-11-20-18(12-16)17-7-3-4-8-19(17)28-20/h3-12H,13-14H2,1-2H3. The summed E-state index contributed by atoms with van der Waals surface area (Å²) in [5.74, 6) is 1.23. The van der Waals surface area contributed by atoms with Crippen LogP contribution in [0, 0.1) is 0 Å². The Hall–Kier alpha value is -3.47. The number of hydrogen-bond donors (Lipinski definition) is 0. The van der Waals surface area contributed by atoms with Crippen molar-refractivity contribution in [3.8, 4) is 17.2 Å². The van der Waals surface area contributed by atoms with Gasteiger partial charge >= 0.3 is 5.97 Å². The van der Waals surface area contributed by atoms with Gasteiger partial charge in [-0.25, -0.2) is 4.79 Å². The maximum Gasteiger partial charge on any atom is 0.349 e. The molecule has 0 atom stereocenters. The summed E-state index contributed by atoms with van der Waals surface area (Å²) in [7, 11) is 0. The zero-order valence-corrected chi connectivity index (χ0v) is 16.2. The molecule has 4 aromatic rings. The van der Waals surface area contributed by atoms with Crippen LogP contribution in [0.3, 0.4) is 0 Å². The van der Waals surface area contributed by atoms with Crippen molar-refractivity contribution in [2.75, 3.05) is 6.61 Å². The minimum Gasteiger partial charge on any atom is -0.483 e. The van der Waals surface area contributed by atoms with E-state index in [4.69, 9.17) is 18.6 Å². The monoisotopic (exact) mass is 388 g/mol. The molecule has 0 spiro atoms. The van der Waals surface area contributed by atoms with Gasteiger partial charge in [0, 0.05) is 22.8 Å². The molecule has 1 aliphatic heterocycles. The first-order valence-electron chi connectivity index (χ1n) is 9.54. The third kappa shape index (κ3) is 3.29. The van der Waals surface area contributed by atoms with E-state index in [1.165, 1.54) is 0 Å². The number of fused-ring (bicyclic) bond motifs is 4. The molecule has 5 heteroatoms. The molecule has 0 N–H and O–H groups in total. The third-order valence-electron chi connectivity index (χ3n) is 4.98. The normalized spacial score (nSPS) is 14.6. The number of benzene rings is 3. The molecule has 0 amide bonds. The number of hydrogen-bond acceptors (Lipinski definition) is 5. The van der Waals surface area contributed by atoms with E-state index >= 15 is 0 Å². The fourth-order valence-corrected chi connectivity index (χ4v) is 3.77. The minimum absolute atomic E-state index is 0.204. The zero-order chi connectivity index (χ0) is 20.0. The summed E-state index contributed by atoms with van der Waals surface area (Å²) in [4.78, 5) is 12.3. The lowest BCUT2D eigenvalue weighted by molar-refractivity contribution is -0.136. The van der Waals surface area contributed by atoms with Crippen LogP contribution in [0.4, 0.5) is 0 Å². The van der Waals surface area contributed by atoms with E-state index < -0.39 is 5.97 Å². The highest BCUT2D eigenvalue weighted by Gasteiger charge is 2.32. The average Bonchev–Trinajstić information content (AvgIpc) is 3.22. The third-order valence-corrected chi connectivity index (χ3v) is 4.98. The largest absolute Gasteiger partial charge is 0.483 e. The van der Waals surface area contributed by atoms with Crippen LogP contribution in [-0.4, -0.2) is 18.2 Å². The number of rotatable bonds is 4. The highest BCUT2D eigenvalue weighted by Crippen LogP contribution is 2.41. The van der Waals surface area contributed by atoms with Crippen LogP contribution >= 0.6 is 0 Å². The van der Waals surface area contributed by atoms with E-state index in [1.807, 2.05) is 56.3 Å². The number of carbonyl (C=O) groups excluding carboxylic acids is 1. The van der Waals surface area contributed by atoms with E-state index in [0.29, 0.717) is 17.2 Å². The Balaban J connectivity index is 1.31. The zero-order valence-electron chi connectivity index (χ0n) is 16.2. The molecule has 0 fully saturated rings. The molecule has 0 bridgehead atoms. The van der Waals surface area contributed by atoms with Gasteiger partial charge in [-0.3, -0.25) is 0 Å². The van der Waals surface area contributed by atoms with E-state index in [0.717, 1.165) is 33.9 Å². The van der Waals surface area contributed by atoms with Crippen molar-refractivity contribution in [2.24, 2.45) is 0 Å². The Kier molecular flexibility index (Phi) is 3.98. The van der Waals surface area contributed by atoms with Crippen LogP contribution < -0.4 is 14.2 Å². The molecule has 146 valence electrons. The number of furan rings is 1. The first-order chi connectivity index (χ1) is 14.0. The molecule has 0 unspecified atom stereocenters. The quantitative estimate of drug-likeness (QED) is 0.351. The molecule has 1 aliphatic rings. The van der Waals surface area contributed by atoms with Gasteiger partial charge in [0.2, 0.25) is 0 Å². The summed E-state index contributed by atoms with van der Waals surface area (Å²) >= 11 is 0. The maximum atomic E-state index is 12.3. The van der Waals surface area contributed by atoms with E-state index in [1.54, 1.807) is 18.2 Å². The number of carbonyl (C=O) groups is 1. The van der Waals surface area contributed by atoms with Crippen LogP contribution in [0.15, 0.2) is 65.1 Å². The molecule has 0 saturated heterocycles. The Bertz CT molecular complexity index is 1230. The van der Waals surface area contributed by atoms with Crippen molar-refractivity contribution in [3.05, 3.63) is 66.2 Å². The van der Waals surface area contributed by atoms with Gasteiger partial charge in [0.15, 0.2) is 18.1 Å². The Morgan fingerprint density at radius 3 is 2.72 bits per heavy atom. The lowest BCUT2D eigenvalue weighted by atomic mass is 10.0. The lowest BCUT2D eigenvalue weighted by Crippen LogP contribution is -2.25. The maximum absolute atomic E-state index is 12.3. The summed E-state index contributed by atoms with van der Waals surface area (Å²) in [6.45, 7) is 3.85. The fraction of sp³-hybridized carbons (Fsp3) is 0.208. The number of ether oxygens (including phenoxy) is 3. The Morgan fingerprint density at radius 1 is 1.00 bits per heavy atom. The molecule has 0 saturated carbocycles. The van der Waals surface area contributed by atoms with Gasteiger partial charge < -0.3 is 18.6 Å². The van der Waals surface area contributed by atoms with Crippen molar-refractivity contribution in [3.63, 3.8) is 0 Å². The smallest absolute Gasteiger partial charge is 0.349 e. The van der Waals surface area contributed by atoms with Gasteiger partial charge in [-0.15, -0.1) is 0 Å². The van der Waals surface area contributed by atoms with Gasteiger partial charge in [-0.05, 0) is 44.2 Å². The molecule has 1 aromatic heterocycles. The van der Waals surface area contributed by atoms with Crippen molar-refractivity contribution in [2.45, 2.75) is 25.9 Å². The molecule has 3 aromatic carbocycles. The van der Waals surface area contributed by atoms with Crippen molar-refractivity contribution >= 4 is 27.9 Å². The second kappa shape index (κ2) is 6.55. The van der Waals surface area contributed by atoms with Gasteiger partial charge in [0.05, 0.1) is 0 Å². The van der Waals surface area contributed by atoms with Crippen LogP contribution in [0.2, 0.25) is 0 Å². The van der Waals surface area contributed by atoms with Gasteiger partial charge in [0.25, 0.3) is 0 Å². The molecule has 29 heavy (non-hydrogen) atoms. The molecular formula is C24H20O5. The summed E-state index contributed by atoms with van der Waals surface area (Å²) in [6, 6.07) is 18.8. The van der Waals surface area contributed by atoms with Crippen LogP contribution in [0.25, 0.3) is 21.9 Å². The second-order valence-electron chi connectivity index (χ2n) is 7.80. The molecule has 5 rings (SSSR count). The summed E-state index contributed by atoms with van der Waals surface area (Å²) < 4.78 is 22.9. The molecule has 2 heterocycles. The average molecular weight is 388 g/mol. The van der Waals surface area contributed by atoms with Crippen molar-refractivity contribution < 1.29 is 23.4 Å². The van der Waals surface area contributed by atoms with Crippen LogP contribution in [-0.2, 0) is 11.2 Å². The van der Waals surface area contributed by atoms with Gasteiger partial charge in [-0.2, -0.15) is 0 Å². The van der Waals surface area contributed by atoms with Gasteiger partial charge in [-0.1, -0.05) is 30.3 Å². The molecular weight excluding hydrogens is 368 g/mol. The lowest BCUT2D eigenvalue weighted by Gasteiger charge is -2.18. The van der Waals surface area contributed by atoms with Crippen molar-refractivity contribution in [1.29, 1.82) is 0 Å². The predicted octanol–water partition coefficient (Wildman–Crippen LogP) is 5.28. The van der Waals surface area contributed by atoms with Crippen LogP contribution in [0.1, 0.15) is 19.4 Å². The second-order valence-corrected chi connectivity index (χ2v) is 7.80. The summed E-state index contributed by atoms with van der Waals surface area (Å²) in [5.41, 5.74) is 2.36. The topological polar surface area (TPSA) is 57.9 Å². The molecule has 0 aliphatic carbocycles.